The molecule has 3 heterocycles. The summed E-state index contributed by atoms with van der Waals surface area (Å²) < 4.78 is 4.40. The number of anilines is 1. The van der Waals surface area contributed by atoms with E-state index in [0.717, 1.165) is 62.5 Å². The molecular formula is C19H31N7S2. The Morgan fingerprint density at radius 2 is 1.96 bits per heavy atom. The molecule has 0 aromatic carbocycles. The summed E-state index contributed by atoms with van der Waals surface area (Å²) in [6, 6.07) is 0. The Bertz CT molecular complexity index is 782. The van der Waals surface area contributed by atoms with Crippen LogP contribution in [0.5, 0.6) is 0 Å². The Hall–Kier alpha value is -1.74. The minimum absolute atomic E-state index is 0.114. The van der Waals surface area contributed by atoms with Crippen molar-refractivity contribution in [3.63, 3.8) is 0 Å². The highest BCUT2D eigenvalue weighted by Gasteiger charge is 2.22. The number of aliphatic imine (C=N–C) groups is 1. The average molecular weight is 422 g/mol. The van der Waals surface area contributed by atoms with Gasteiger partial charge in [-0.25, -0.2) is 9.97 Å². The van der Waals surface area contributed by atoms with Gasteiger partial charge in [0, 0.05) is 74.9 Å². The first-order valence-corrected chi connectivity index (χ1v) is 11.5. The van der Waals surface area contributed by atoms with Crippen LogP contribution in [-0.2, 0) is 18.3 Å². The summed E-state index contributed by atoms with van der Waals surface area (Å²) in [7, 11) is 1.86. The number of guanidine groups is 1. The third-order valence-electron chi connectivity index (χ3n) is 4.78. The lowest BCUT2D eigenvalue weighted by Gasteiger charge is -2.36. The number of nitrogens with zero attached hydrogens (tertiary/aromatic N) is 6. The molecule has 28 heavy (non-hydrogen) atoms. The van der Waals surface area contributed by atoms with Crippen LogP contribution < -0.4 is 10.2 Å². The molecule has 154 valence electrons. The van der Waals surface area contributed by atoms with Crippen LogP contribution in [0.25, 0.3) is 0 Å². The first kappa shape index (κ1) is 21.0. The highest BCUT2D eigenvalue weighted by molar-refractivity contribution is 7.10. The second kappa shape index (κ2) is 9.17. The normalized spacial score (nSPS) is 16.0. The molecule has 1 N–H and O–H groups in total. The van der Waals surface area contributed by atoms with E-state index in [1.165, 1.54) is 22.2 Å². The van der Waals surface area contributed by atoms with Gasteiger partial charge in [-0.3, -0.25) is 4.99 Å². The van der Waals surface area contributed by atoms with Crippen molar-refractivity contribution in [3.8, 4) is 0 Å². The largest absolute Gasteiger partial charge is 0.356 e. The van der Waals surface area contributed by atoms with Gasteiger partial charge in [-0.1, -0.05) is 27.7 Å². The number of piperazine rings is 1. The number of aryl methyl sites for hydroxylation is 1. The molecule has 0 bridgehead atoms. The molecular weight excluding hydrogens is 390 g/mol. The van der Waals surface area contributed by atoms with E-state index < -0.39 is 0 Å². The predicted molar refractivity (Wildman–Crippen MR) is 119 cm³/mol. The van der Waals surface area contributed by atoms with Gasteiger partial charge < -0.3 is 15.1 Å². The fourth-order valence-corrected chi connectivity index (χ4v) is 4.84. The van der Waals surface area contributed by atoms with Crippen LogP contribution in [0.1, 0.15) is 44.2 Å². The highest BCUT2D eigenvalue weighted by atomic mass is 32.1. The summed E-state index contributed by atoms with van der Waals surface area (Å²) in [5, 5.41) is 7.90. The smallest absolute Gasteiger partial charge is 0.205 e. The van der Waals surface area contributed by atoms with Crippen LogP contribution in [0.3, 0.4) is 0 Å². The summed E-state index contributed by atoms with van der Waals surface area (Å²) in [5.41, 5.74) is 1.29. The molecule has 0 atom stereocenters. The first-order chi connectivity index (χ1) is 13.4. The van der Waals surface area contributed by atoms with Crippen LogP contribution >= 0.6 is 22.9 Å². The van der Waals surface area contributed by atoms with E-state index in [1.54, 1.807) is 11.3 Å². The maximum atomic E-state index is 4.78. The second-order valence-corrected chi connectivity index (χ2v) is 9.59. The Morgan fingerprint density at radius 1 is 1.21 bits per heavy atom. The number of nitrogens with one attached hydrogen (secondary N) is 1. The second-order valence-electron chi connectivity index (χ2n) is 7.92. The molecule has 0 aliphatic carbocycles. The summed E-state index contributed by atoms with van der Waals surface area (Å²) in [6.07, 6.45) is 1.81. The number of aromatic nitrogens is 3. The Balaban J connectivity index is 1.46. The maximum absolute atomic E-state index is 4.78. The number of hydrogen-bond donors (Lipinski definition) is 1. The van der Waals surface area contributed by atoms with Crippen molar-refractivity contribution in [2.75, 3.05) is 44.7 Å². The molecule has 1 aliphatic heterocycles. The molecule has 0 saturated carbocycles. The Morgan fingerprint density at radius 3 is 2.54 bits per heavy atom. The molecule has 0 amide bonds. The molecule has 9 heteroatoms. The predicted octanol–water partition coefficient (Wildman–Crippen LogP) is 2.79. The van der Waals surface area contributed by atoms with Gasteiger partial charge in [0.2, 0.25) is 5.13 Å². The van der Waals surface area contributed by atoms with Crippen molar-refractivity contribution in [2.45, 2.75) is 46.0 Å². The van der Waals surface area contributed by atoms with E-state index in [-0.39, 0.29) is 5.41 Å². The SMILES string of the molecule is CCc1nsc(N2CCN(C(=NC)NCCc3nc(C(C)(C)C)cs3)CC2)n1. The average Bonchev–Trinajstić information content (AvgIpc) is 3.35. The standard InChI is InChI=1S/C19H31N7S2/c1-6-15-23-18(28-24-15)26-11-9-25(10-12-26)17(20-5)21-8-7-16-22-14(13-27-16)19(2,3)4/h13H,6-12H2,1-5H3,(H,20,21). The molecule has 1 saturated heterocycles. The lowest BCUT2D eigenvalue weighted by molar-refractivity contribution is 0.372. The van der Waals surface area contributed by atoms with Gasteiger partial charge in [0.05, 0.1) is 10.7 Å². The zero-order valence-electron chi connectivity index (χ0n) is 17.5. The molecule has 0 radical (unpaired) electrons. The van der Waals surface area contributed by atoms with Gasteiger partial charge in [-0.15, -0.1) is 11.3 Å². The monoisotopic (exact) mass is 421 g/mol. The number of rotatable bonds is 5. The van der Waals surface area contributed by atoms with Crippen molar-refractivity contribution < 1.29 is 0 Å². The summed E-state index contributed by atoms with van der Waals surface area (Å²) >= 11 is 3.26. The van der Waals surface area contributed by atoms with E-state index in [9.17, 15) is 0 Å². The quantitative estimate of drug-likeness (QED) is 0.591. The van der Waals surface area contributed by atoms with Crippen molar-refractivity contribution in [1.29, 1.82) is 0 Å². The van der Waals surface area contributed by atoms with Gasteiger partial charge in [0.15, 0.2) is 5.96 Å². The van der Waals surface area contributed by atoms with Gasteiger partial charge in [-0.2, -0.15) is 4.37 Å². The molecule has 0 spiro atoms. The molecule has 1 aliphatic rings. The number of hydrogen-bond acceptors (Lipinski definition) is 7. The van der Waals surface area contributed by atoms with E-state index in [4.69, 9.17) is 4.98 Å². The fraction of sp³-hybridized carbons (Fsp3) is 0.684. The highest BCUT2D eigenvalue weighted by Crippen LogP contribution is 2.24. The first-order valence-electron chi connectivity index (χ1n) is 9.88. The Kier molecular flexibility index (Phi) is 6.87. The van der Waals surface area contributed by atoms with Crippen molar-refractivity contribution >= 4 is 34.0 Å². The van der Waals surface area contributed by atoms with Crippen LogP contribution in [-0.4, -0.2) is 65.0 Å². The van der Waals surface area contributed by atoms with Crippen molar-refractivity contribution in [1.82, 2.24) is 24.6 Å². The third kappa shape index (κ3) is 5.20. The van der Waals surface area contributed by atoms with Crippen molar-refractivity contribution in [2.24, 2.45) is 4.99 Å². The maximum Gasteiger partial charge on any atom is 0.205 e. The molecule has 0 unspecified atom stereocenters. The Labute approximate surface area is 176 Å². The fourth-order valence-electron chi connectivity index (χ4n) is 3.01. The van der Waals surface area contributed by atoms with E-state index in [1.807, 2.05) is 7.05 Å². The number of thiazole rings is 1. The minimum Gasteiger partial charge on any atom is -0.356 e. The van der Waals surface area contributed by atoms with Crippen LogP contribution in [0.15, 0.2) is 10.4 Å². The zero-order chi connectivity index (χ0) is 20.1. The molecule has 2 aromatic rings. The van der Waals surface area contributed by atoms with Gasteiger partial charge in [-0.05, 0) is 0 Å². The summed E-state index contributed by atoms with van der Waals surface area (Å²) in [4.78, 5) is 18.5. The van der Waals surface area contributed by atoms with Crippen LogP contribution in [0.4, 0.5) is 5.13 Å². The van der Waals surface area contributed by atoms with Crippen molar-refractivity contribution in [3.05, 3.63) is 21.9 Å². The summed E-state index contributed by atoms with van der Waals surface area (Å²) in [6.45, 7) is 13.3. The third-order valence-corrected chi connectivity index (χ3v) is 6.50. The summed E-state index contributed by atoms with van der Waals surface area (Å²) in [5.74, 6) is 1.91. The lowest BCUT2D eigenvalue weighted by atomic mass is 9.93. The molecule has 3 rings (SSSR count). The lowest BCUT2D eigenvalue weighted by Crippen LogP contribution is -2.52. The molecule has 2 aromatic heterocycles. The van der Waals surface area contributed by atoms with Gasteiger partial charge >= 0.3 is 0 Å². The van der Waals surface area contributed by atoms with E-state index in [2.05, 4.69) is 62.5 Å². The van der Waals surface area contributed by atoms with Gasteiger partial charge in [0.1, 0.15) is 5.82 Å². The van der Waals surface area contributed by atoms with Gasteiger partial charge in [0.25, 0.3) is 0 Å². The topological polar surface area (TPSA) is 69.5 Å². The molecule has 7 nitrogen and oxygen atoms in total. The van der Waals surface area contributed by atoms with Crippen LogP contribution in [0.2, 0.25) is 0 Å². The molecule has 1 fully saturated rings. The van der Waals surface area contributed by atoms with Crippen LogP contribution in [0, 0.1) is 0 Å². The zero-order valence-corrected chi connectivity index (χ0v) is 19.2. The van der Waals surface area contributed by atoms with E-state index >= 15 is 0 Å². The van der Waals surface area contributed by atoms with E-state index in [0.29, 0.717) is 0 Å². The minimum atomic E-state index is 0.114.